The molecule has 2 aromatic carbocycles. The summed E-state index contributed by atoms with van der Waals surface area (Å²) in [5.74, 6) is 0.365. The SMILES string of the molecule is NCCC(Oc1cccc(Cl)c1)c1cccc(F)c1. The largest absolute Gasteiger partial charge is 0.486 e. The van der Waals surface area contributed by atoms with Crippen molar-refractivity contribution in [2.24, 2.45) is 5.73 Å². The lowest BCUT2D eigenvalue weighted by Crippen LogP contribution is -2.13. The van der Waals surface area contributed by atoms with Crippen molar-refractivity contribution in [2.75, 3.05) is 6.54 Å². The summed E-state index contributed by atoms with van der Waals surface area (Å²) in [6.07, 6.45) is 0.329. The summed E-state index contributed by atoms with van der Waals surface area (Å²) in [4.78, 5) is 0. The molecule has 0 aromatic heterocycles. The van der Waals surface area contributed by atoms with Gasteiger partial charge in [-0.05, 0) is 42.4 Å². The van der Waals surface area contributed by atoms with Crippen LogP contribution in [0.25, 0.3) is 0 Å². The molecular formula is C15H15ClFNO. The first-order valence-electron chi connectivity index (χ1n) is 6.07. The second-order valence-electron chi connectivity index (χ2n) is 4.20. The zero-order chi connectivity index (χ0) is 13.7. The average molecular weight is 280 g/mol. The zero-order valence-electron chi connectivity index (χ0n) is 10.4. The Kier molecular flexibility index (Phi) is 4.77. The van der Waals surface area contributed by atoms with Crippen molar-refractivity contribution in [3.05, 3.63) is 64.9 Å². The predicted molar refractivity (Wildman–Crippen MR) is 74.9 cm³/mol. The molecule has 0 bridgehead atoms. The van der Waals surface area contributed by atoms with Gasteiger partial charge in [-0.25, -0.2) is 4.39 Å². The van der Waals surface area contributed by atoms with Crippen LogP contribution in [0.3, 0.4) is 0 Å². The molecule has 0 aliphatic heterocycles. The van der Waals surface area contributed by atoms with E-state index in [1.54, 1.807) is 18.2 Å². The maximum absolute atomic E-state index is 13.3. The van der Waals surface area contributed by atoms with Crippen molar-refractivity contribution >= 4 is 11.6 Å². The third kappa shape index (κ3) is 3.94. The minimum atomic E-state index is -0.283. The van der Waals surface area contributed by atoms with Crippen molar-refractivity contribution in [2.45, 2.75) is 12.5 Å². The summed E-state index contributed by atoms with van der Waals surface area (Å²) < 4.78 is 19.1. The molecule has 1 unspecified atom stereocenters. The molecule has 0 aliphatic rings. The maximum atomic E-state index is 13.3. The highest BCUT2D eigenvalue weighted by Crippen LogP contribution is 2.26. The van der Waals surface area contributed by atoms with Gasteiger partial charge in [0.05, 0.1) is 0 Å². The summed E-state index contributed by atoms with van der Waals surface area (Å²) in [5.41, 5.74) is 6.36. The molecule has 0 saturated heterocycles. The van der Waals surface area contributed by atoms with E-state index in [0.717, 1.165) is 5.56 Å². The Labute approximate surface area is 117 Å². The molecule has 19 heavy (non-hydrogen) atoms. The molecule has 0 aliphatic carbocycles. The van der Waals surface area contributed by atoms with Crippen LogP contribution in [-0.2, 0) is 0 Å². The van der Waals surface area contributed by atoms with Crippen molar-refractivity contribution in [1.29, 1.82) is 0 Å². The third-order valence-corrected chi connectivity index (χ3v) is 2.96. The summed E-state index contributed by atoms with van der Waals surface area (Å²) in [5, 5.41) is 0.600. The van der Waals surface area contributed by atoms with E-state index in [4.69, 9.17) is 22.1 Å². The first kappa shape index (κ1) is 13.8. The van der Waals surface area contributed by atoms with Gasteiger partial charge in [-0.1, -0.05) is 29.8 Å². The van der Waals surface area contributed by atoms with Gasteiger partial charge in [-0.2, -0.15) is 0 Å². The molecule has 1 atom stereocenters. The molecule has 0 fully saturated rings. The predicted octanol–water partition coefficient (Wildman–Crippen LogP) is 3.95. The lowest BCUT2D eigenvalue weighted by molar-refractivity contribution is 0.197. The number of rotatable bonds is 5. The number of benzene rings is 2. The second-order valence-corrected chi connectivity index (χ2v) is 4.63. The maximum Gasteiger partial charge on any atom is 0.125 e. The van der Waals surface area contributed by atoms with Gasteiger partial charge in [-0.15, -0.1) is 0 Å². The molecule has 2 aromatic rings. The molecule has 100 valence electrons. The third-order valence-electron chi connectivity index (χ3n) is 2.72. The number of nitrogens with two attached hydrogens (primary N) is 1. The van der Waals surface area contributed by atoms with Crippen LogP contribution in [-0.4, -0.2) is 6.54 Å². The number of hydrogen-bond acceptors (Lipinski definition) is 2. The van der Waals surface area contributed by atoms with Crippen molar-refractivity contribution in [3.8, 4) is 5.75 Å². The lowest BCUT2D eigenvalue weighted by atomic mass is 10.1. The molecule has 2 N–H and O–H groups in total. The van der Waals surface area contributed by atoms with Gasteiger partial charge in [-0.3, -0.25) is 0 Å². The van der Waals surface area contributed by atoms with Crippen molar-refractivity contribution in [3.63, 3.8) is 0 Å². The van der Waals surface area contributed by atoms with Gasteiger partial charge in [0.15, 0.2) is 0 Å². The van der Waals surface area contributed by atoms with Gasteiger partial charge < -0.3 is 10.5 Å². The normalized spacial score (nSPS) is 12.2. The Balaban J connectivity index is 2.21. The van der Waals surface area contributed by atoms with Gasteiger partial charge in [0.25, 0.3) is 0 Å². The Hall–Kier alpha value is -1.58. The molecule has 0 amide bonds. The fourth-order valence-corrected chi connectivity index (χ4v) is 2.04. The molecule has 0 spiro atoms. The van der Waals surface area contributed by atoms with Crippen molar-refractivity contribution in [1.82, 2.24) is 0 Å². The molecule has 4 heteroatoms. The standard InChI is InChI=1S/C15H15ClFNO/c16-12-4-2-6-14(10-12)19-15(7-8-18)11-3-1-5-13(17)9-11/h1-6,9-10,15H,7-8,18H2. The first-order chi connectivity index (χ1) is 9.19. The molecule has 2 rings (SSSR count). The van der Waals surface area contributed by atoms with E-state index in [-0.39, 0.29) is 11.9 Å². The highest BCUT2D eigenvalue weighted by molar-refractivity contribution is 6.30. The first-order valence-corrected chi connectivity index (χ1v) is 6.44. The van der Waals surface area contributed by atoms with Crippen LogP contribution in [0.4, 0.5) is 4.39 Å². The van der Waals surface area contributed by atoms with Gasteiger partial charge in [0, 0.05) is 11.4 Å². The van der Waals surface area contributed by atoms with Crippen LogP contribution in [0.5, 0.6) is 5.75 Å². The van der Waals surface area contributed by atoms with Crippen LogP contribution in [0, 0.1) is 5.82 Å². The zero-order valence-corrected chi connectivity index (χ0v) is 11.1. The Morgan fingerprint density at radius 2 is 1.95 bits per heavy atom. The minimum Gasteiger partial charge on any atom is -0.486 e. The van der Waals surface area contributed by atoms with E-state index in [2.05, 4.69) is 0 Å². The van der Waals surface area contributed by atoms with Gasteiger partial charge in [0.1, 0.15) is 17.7 Å². The van der Waals surface area contributed by atoms with Crippen LogP contribution >= 0.6 is 11.6 Å². The smallest absolute Gasteiger partial charge is 0.125 e. The molecule has 0 radical (unpaired) electrons. The molecular weight excluding hydrogens is 265 g/mol. The van der Waals surface area contributed by atoms with Crippen LogP contribution in [0.15, 0.2) is 48.5 Å². The minimum absolute atomic E-state index is 0.279. The summed E-state index contributed by atoms with van der Waals surface area (Å²) in [6, 6.07) is 13.5. The lowest BCUT2D eigenvalue weighted by Gasteiger charge is -2.19. The van der Waals surface area contributed by atoms with E-state index >= 15 is 0 Å². The van der Waals surface area contributed by atoms with Crippen LogP contribution in [0.1, 0.15) is 18.1 Å². The Bertz CT molecular complexity index is 547. The monoisotopic (exact) mass is 279 g/mol. The quantitative estimate of drug-likeness (QED) is 0.899. The fourth-order valence-electron chi connectivity index (χ4n) is 1.86. The molecule has 0 heterocycles. The number of halogens is 2. The van der Waals surface area contributed by atoms with E-state index in [9.17, 15) is 4.39 Å². The fraction of sp³-hybridized carbons (Fsp3) is 0.200. The van der Waals surface area contributed by atoms with E-state index in [0.29, 0.717) is 23.7 Å². The molecule has 0 saturated carbocycles. The number of ether oxygens (including phenoxy) is 1. The van der Waals surface area contributed by atoms with Gasteiger partial charge >= 0.3 is 0 Å². The summed E-state index contributed by atoms with van der Waals surface area (Å²) in [7, 11) is 0. The van der Waals surface area contributed by atoms with Crippen LogP contribution < -0.4 is 10.5 Å². The van der Waals surface area contributed by atoms with E-state index in [1.807, 2.05) is 18.2 Å². The van der Waals surface area contributed by atoms with E-state index < -0.39 is 0 Å². The highest BCUT2D eigenvalue weighted by Gasteiger charge is 2.13. The Morgan fingerprint density at radius 1 is 1.16 bits per heavy atom. The Morgan fingerprint density at radius 3 is 2.63 bits per heavy atom. The topological polar surface area (TPSA) is 35.2 Å². The van der Waals surface area contributed by atoms with Crippen LogP contribution in [0.2, 0.25) is 5.02 Å². The second kappa shape index (κ2) is 6.55. The summed E-state index contributed by atoms with van der Waals surface area (Å²) >= 11 is 5.91. The average Bonchev–Trinajstić information content (AvgIpc) is 2.38. The number of hydrogen-bond donors (Lipinski definition) is 1. The highest BCUT2D eigenvalue weighted by atomic mass is 35.5. The summed E-state index contributed by atoms with van der Waals surface area (Å²) in [6.45, 7) is 0.460. The van der Waals surface area contributed by atoms with Crippen molar-refractivity contribution < 1.29 is 9.13 Å². The van der Waals surface area contributed by atoms with E-state index in [1.165, 1.54) is 12.1 Å². The van der Waals surface area contributed by atoms with Gasteiger partial charge in [0.2, 0.25) is 0 Å². The molecule has 2 nitrogen and oxygen atoms in total.